The fraction of sp³-hybridized carbons (Fsp3) is 0.375. The van der Waals surface area contributed by atoms with Crippen molar-refractivity contribution in [3.63, 3.8) is 0 Å². The van der Waals surface area contributed by atoms with E-state index in [1.165, 1.54) is 5.69 Å². The highest BCUT2D eigenvalue weighted by Gasteiger charge is 2.28. The Kier molecular flexibility index (Phi) is 3.30. The Labute approximate surface area is 117 Å². The van der Waals surface area contributed by atoms with Gasteiger partial charge in [-0.15, -0.1) is 0 Å². The largest absolute Gasteiger partial charge is 0.466 e. The fourth-order valence-corrected chi connectivity index (χ4v) is 2.97. The highest BCUT2D eigenvalue weighted by atomic mass is 16.5. The Balaban J connectivity index is 1.98. The average molecular weight is 271 g/mol. The summed E-state index contributed by atoms with van der Waals surface area (Å²) in [6, 6.07) is 5.63. The minimum Gasteiger partial charge on any atom is -0.466 e. The molecule has 4 nitrogen and oxygen atoms in total. The van der Waals surface area contributed by atoms with Gasteiger partial charge in [-0.3, -0.25) is 9.59 Å². The molecule has 1 aromatic carbocycles. The molecule has 3 rings (SSSR count). The smallest absolute Gasteiger partial charge is 0.309 e. The van der Waals surface area contributed by atoms with Crippen molar-refractivity contribution in [2.24, 2.45) is 5.92 Å². The molecule has 0 amide bonds. The van der Waals surface area contributed by atoms with Crippen LogP contribution in [0.4, 0.5) is 0 Å². The standard InChI is InChI=1S/C16H17NO3/c1-2-20-16(19)11-4-6-15-13(8-11)12-7-10(9-18)3-5-14(12)17-15/h3,5,7,9,11,17H,2,4,6,8H2,1H3. The zero-order valence-corrected chi connectivity index (χ0v) is 11.4. The molecule has 0 spiro atoms. The molecule has 1 aromatic heterocycles. The third kappa shape index (κ3) is 2.11. The van der Waals surface area contributed by atoms with Crippen LogP contribution in [0.3, 0.4) is 0 Å². The molecule has 1 heterocycles. The maximum Gasteiger partial charge on any atom is 0.309 e. The third-order valence-electron chi connectivity index (χ3n) is 3.97. The predicted octanol–water partition coefficient (Wildman–Crippen LogP) is 2.65. The number of carbonyl (C=O) groups is 2. The summed E-state index contributed by atoms with van der Waals surface area (Å²) >= 11 is 0. The molecule has 0 aliphatic heterocycles. The lowest BCUT2D eigenvalue weighted by Gasteiger charge is -2.20. The van der Waals surface area contributed by atoms with Crippen LogP contribution in [0, 0.1) is 5.92 Å². The first kappa shape index (κ1) is 12.9. The molecule has 1 unspecified atom stereocenters. The Bertz CT molecular complexity index is 672. The first-order valence-electron chi connectivity index (χ1n) is 6.98. The summed E-state index contributed by atoms with van der Waals surface area (Å²) in [7, 11) is 0. The van der Waals surface area contributed by atoms with Crippen LogP contribution in [0.5, 0.6) is 0 Å². The lowest BCUT2D eigenvalue weighted by molar-refractivity contribution is -0.148. The van der Waals surface area contributed by atoms with Crippen LogP contribution in [0.1, 0.15) is 35.0 Å². The van der Waals surface area contributed by atoms with Crippen LogP contribution in [-0.4, -0.2) is 23.8 Å². The van der Waals surface area contributed by atoms with E-state index in [2.05, 4.69) is 4.98 Å². The van der Waals surface area contributed by atoms with Crippen LogP contribution >= 0.6 is 0 Å². The van der Waals surface area contributed by atoms with E-state index in [9.17, 15) is 9.59 Å². The molecule has 1 N–H and O–H groups in total. The molecule has 0 saturated heterocycles. The summed E-state index contributed by atoms with van der Waals surface area (Å²) in [4.78, 5) is 26.2. The van der Waals surface area contributed by atoms with Gasteiger partial charge >= 0.3 is 5.97 Å². The van der Waals surface area contributed by atoms with E-state index < -0.39 is 0 Å². The van der Waals surface area contributed by atoms with Gasteiger partial charge in [-0.1, -0.05) is 0 Å². The quantitative estimate of drug-likeness (QED) is 0.689. The van der Waals surface area contributed by atoms with Crippen molar-refractivity contribution < 1.29 is 14.3 Å². The predicted molar refractivity (Wildman–Crippen MR) is 75.8 cm³/mol. The lowest BCUT2D eigenvalue weighted by atomic mass is 9.86. The zero-order valence-electron chi connectivity index (χ0n) is 11.4. The van der Waals surface area contributed by atoms with E-state index in [0.29, 0.717) is 18.6 Å². The van der Waals surface area contributed by atoms with Crippen molar-refractivity contribution in [3.05, 3.63) is 35.0 Å². The van der Waals surface area contributed by atoms with Gasteiger partial charge in [0.25, 0.3) is 0 Å². The monoisotopic (exact) mass is 271 g/mol. The van der Waals surface area contributed by atoms with E-state index in [1.807, 2.05) is 19.1 Å². The number of aromatic amines is 1. The Hall–Kier alpha value is -2.10. The molecule has 4 heteroatoms. The second-order valence-electron chi connectivity index (χ2n) is 5.20. The molecule has 0 bridgehead atoms. The molecule has 20 heavy (non-hydrogen) atoms. The number of nitrogens with one attached hydrogen (secondary N) is 1. The van der Waals surface area contributed by atoms with E-state index in [1.54, 1.807) is 6.07 Å². The summed E-state index contributed by atoms with van der Waals surface area (Å²) < 4.78 is 5.12. The highest BCUT2D eigenvalue weighted by Crippen LogP contribution is 2.32. The molecular weight excluding hydrogens is 254 g/mol. The Morgan fingerprint density at radius 1 is 1.50 bits per heavy atom. The number of fused-ring (bicyclic) bond motifs is 3. The van der Waals surface area contributed by atoms with Gasteiger partial charge in [0.15, 0.2) is 0 Å². The van der Waals surface area contributed by atoms with Crippen LogP contribution in [0.2, 0.25) is 0 Å². The van der Waals surface area contributed by atoms with Gasteiger partial charge in [0.2, 0.25) is 0 Å². The average Bonchev–Trinajstić information content (AvgIpc) is 2.84. The first-order chi connectivity index (χ1) is 9.72. The van der Waals surface area contributed by atoms with Gasteiger partial charge in [0.1, 0.15) is 6.29 Å². The summed E-state index contributed by atoms with van der Waals surface area (Å²) in [6.07, 6.45) is 3.21. The van der Waals surface area contributed by atoms with Gasteiger partial charge in [0, 0.05) is 22.2 Å². The number of aldehydes is 1. The molecule has 1 aliphatic rings. The van der Waals surface area contributed by atoms with Gasteiger partial charge < -0.3 is 9.72 Å². The molecule has 0 saturated carbocycles. The van der Waals surface area contributed by atoms with Gasteiger partial charge in [-0.2, -0.15) is 0 Å². The number of esters is 1. The third-order valence-corrected chi connectivity index (χ3v) is 3.97. The van der Waals surface area contributed by atoms with Gasteiger partial charge in [-0.25, -0.2) is 0 Å². The first-order valence-corrected chi connectivity index (χ1v) is 6.98. The zero-order chi connectivity index (χ0) is 14.1. The highest BCUT2D eigenvalue weighted by molar-refractivity contribution is 5.91. The van der Waals surface area contributed by atoms with Crippen LogP contribution in [0.25, 0.3) is 10.9 Å². The Morgan fingerprint density at radius 2 is 2.35 bits per heavy atom. The van der Waals surface area contributed by atoms with Crippen molar-refractivity contribution in [2.75, 3.05) is 6.61 Å². The summed E-state index contributed by atoms with van der Waals surface area (Å²) in [5.41, 5.74) is 4.04. The van der Waals surface area contributed by atoms with Crippen molar-refractivity contribution in [1.82, 2.24) is 4.98 Å². The van der Waals surface area contributed by atoms with E-state index in [0.717, 1.165) is 35.6 Å². The number of ether oxygens (including phenoxy) is 1. The number of aryl methyl sites for hydroxylation is 1. The van der Waals surface area contributed by atoms with Gasteiger partial charge in [0.05, 0.1) is 12.5 Å². The van der Waals surface area contributed by atoms with E-state index in [-0.39, 0.29) is 11.9 Å². The SMILES string of the molecule is CCOC(=O)C1CCc2[nH]c3ccc(C=O)cc3c2C1. The number of benzene rings is 1. The van der Waals surface area contributed by atoms with Crippen LogP contribution in [-0.2, 0) is 22.4 Å². The molecular formula is C16H17NO3. The molecule has 1 aliphatic carbocycles. The number of aromatic nitrogens is 1. The number of H-pyrrole nitrogens is 1. The maximum atomic E-state index is 11.9. The number of rotatable bonds is 3. The molecule has 0 fully saturated rings. The molecule has 0 radical (unpaired) electrons. The normalized spacial score (nSPS) is 17.8. The number of hydrogen-bond acceptors (Lipinski definition) is 3. The minimum atomic E-state index is -0.112. The summed E-state index contributed by atoms with van der Waals surface area (Å²) in [6.45, 7) is 2.25. The van der Waals surface area contributed by atoms with Crippen molar-refractivity contribution >= 4 is 23.2 Å². The van der Waals surface area contributed by atoms with Gasteiger partial charge in [-0.05, 0) is 49.9 Å². The van der Waals surface area contributed by atoms with E-state index >= 15 is 0 Å². The van der Waals surface area contributed by atoms with Crippen molar-refractivity contribution in [3.8, 4) is 0 Å². The molecule has 104 valence electrons. The lowest BCUT2D eigenvalue weighted by Crippen LogP contribution is -2.24. The number of hydrogen-bond donors (Lipinski definition) is 1. The minimum absolute atomic E-state index is 0.0682. The second kappa shape index (κ2) is 5.12. The summed E-state index contributed by atoms with van der Waals surface area (Å²) in [5, 5.41) is 1.05. The number of carbonyl (C=O) groups excluding carboxylic acids is 2. The second-order valence-corrected chi connectivity index (χ2v) is 5.20. The van der Waals surface area contributed by atoms with Crippen LogP contribution in [0.15, 0.2) is 18.2 Å². The topological polar surface area (TPSA) is 59.2 Å². The fourth-order valence-electron chi connectivity index (χ4n) is 2.97. The molecule has 2 aromatic rings. The van der Waals surface area contributed by atoms with Crippen molar-refractivity contribution in [1.29, 1.82) is 0 Å². The van der Waals surface area contributed by atoms with Crippen molar-refractivity contribution in [2.45, 2.75) is 26.2 Å². The van der Waals surface area contributed by atoms with E-state index in [4.69, 9.17) is 4.74 Å². The summed E-state index contributed by atoms with van der Waals surface area (Å²) in [5.74, 6) is -0.180. The maximum absolute atomic E-state index is 11.9. The Morgan fingerprint density at radius 3 is 3.10 bits per heavy atom. The molecule has 1 atom stereocenters. The van der Waals surface area contributed by atoms with Crippen LogP contribution < -0.4 is 0 Å².